The zero-order valence-corrected chi connectivity index (χ0v) is 43.2. The number of alkyl halides is 3. The summed E-state index contributed by atoms with van der Waals surface area (Å²) in [5.74, 6) is -5.73. The van der Waals surface area contributed by atoms with Crippen LogP contribution in [0.5, 0.6) is 11.8 Å². The lowest BCUT2D eigenvalue weighted by atomic mass is 10.0. The van der Waals surface area contributed by atoms with Crippen molar-refractivity contribution in [2.45, 2.75) is 71.3 Å². The molecule has 3 aromatic rings. The van der Waals surface area contributed by atoms with E-state index in [-0.39, 0.29) is 130 Å². The van der Waals surface area contributed by atoms with Gasteiger partial charge in [0.1, 0.15) is 6.04 Å². The monoisotopic (exact) mass is 1070 g/mol. The number of carbonyl (C=O) groups excluding carboxylic acids is 2. The van der Waals surface area contributed by atoms with Gasteiger partial charge in [0, 0.05) is 96.8 Å². The van der Waals surface area contributed by atoms with E-state index < -0.39 is 59.2 Å². The number of ether oxygens (including phenoxy) is 2. The van der Waals surface area contributed by atoms with Gasteiger partial charge in [-0.2, -0.15) is 13.2 Å². The number of nitrogens with one attached hydrogen (secondary N) is 2. The Hall–Kier alpha value is -6.74. The third-order valence-electron chi connectivity index (χ3n) is 12.9. The van der Waals surface area contributed by atoms with Gasteiger partial charge in [-0.25, -0.2) is 19.7 Å². The number of carboxylic acid groups (broad SMARTS) is 4. The smallest absolute Gasteiger partial charge is 0.434 e. The van der Waals surface area contributed by atoms with E-state index in [4.69, 9.17) is 14.5 Å². The fourth-order valence-electron chi connectivity index (χ4n) is 9.10. The highest BCUT2D eigenvalue weighted by atomic mass is 19.4. The van der Waals surface area contributed by atoms with Gasteiger partial charge in [0.05, 0.1) is 67.6 Å². The third-order valence-corrected chi connectivity index (χ3v) is 12.9. The van der Waals surface area contributed by atoms with Gasteiger partial charge in [-0.05, 0) is 76.4 Å². The number of halogens is 3. The van der Waals surface area contributed by atoms with Crippen LogP contribution in [0.2, 0.25) is 0 Å². The first-order valence-corrected chi connectivity index (χ1v) is 25.4. The molecule has 0 radical (unpaired) electrons. The third kappa shape index (κ3) is 18.5. The topological polar surface area (TPSA) is 284 Å². The zero-order chi connectivity index (χ0) is 55.4. The molecule has 6 N–H and O–H groups in total. The number of hydrogen-bond acceptors (Lipinski definition) is 17. The highest BCUT2D eigenvalue weighted by molar-refractivity contribution is 5.96. The summed E-state index contributed by atoms with van der Waals surface area (Å²) in [7, 11) is 0. The van der Waals surface area contributed by atoms with Crippen LogP contribution in [0.25, 0.3) is 11.3 Å². The minimum atomic E-state index is -4.90. The van der Waals surface area contributed by atoms with Crippen LogP contribution in [0, 0.1) is 0 Å². The number of hydrogen-bond donors (Lipinski definition) is 6. The second-order valence-electron chi connectivity index (χ2n) is 18.4. The van der Waals surface area contributed by atoms with Gasteiger partial charge in [-0.1, -0.05) is 6.92 Å². The largest absolute Gasteiger partial charge is 0.480 e. The van der Waals surface area contributed by atoms with E-state index >= 15 is 0 Å². The van der Waals surface area contributed by atoms with Crippen LogP contribution in [0.3, 0.4) is 0 Å². The van der Waals surface area contributed by atoms with Gasteiger partial charge >= 0.3 is 30.1 Å². The average Bonchev–Trinajstić information content (AvgIpc) is 3.37. The lowest BCUT2D eigenvalue weighted by Crippen LogP contribution is -2.55. The average molecular weight is 1070 g/mol. The number of aliphatic carboxylic acids is 4. The first kappa shape index (κ1) is 60.1. The molecular weight excluding hydrogens is 1000 g/mol. The van der Waals surface area contributed by atoms with E-state index in [2.05, 4.69) is 25.5 Å². The van der Waals surface area contributed by atoms with Crippen molar-refractivity contribution >= 4 is 41.4 Å². The molecule has 0 spiro atoms. The number of pyridine rings is 3. The van der Waals surface area contributed by atoms with Crippen LogP contribution in [-0.2, 0) is 36.7 Å². The van der Waals surface area contributed by atoms with Gasteiger partial charge in [0.2, 0.25) is 17.7 Å². The molecule has 2 saturated heterocycles. The van der Waals surface area contributed by atoms with Gasteiger partial charge in [-0.15, -0.1) is 0 Å². The van der Waals surface area contributed by atoms with Crippen LogP contribution in [-0.4, -0.2) is 226 Å². The molecular formula is C50H70F3N11O12. The molecule has 26 heteroatoms. The molecule has 5 heterocycles. The molecule has 2 aliphatic rings. The van der Waals surface area contributed by atoms with Crippen molar-refractivity contribution in [3.8, 4) is 23.0 Å². The van der Waals surface area contributed by atoms with Crippen LogP contribution < -0.4 is 25.0 Å². The number of carbonyl (C=O) groups is 6. The van der Waals surface area contributed by atoms with Crippen molar-refractivity contribution in [3.05, 3.63) is 59.5 Å². The van der Waals surface area contributed by atoms with E-state index in [1.165, 1.54) is 11.0 Å². The van der Waals surface area contributed by atoms with E-state index in [0.717, 1.165) is 11.8 Å². The summed E-state index contributed by atoms with van der Waals surface area (Å²) in [6.07, 6.45) is -1.77. The van der Waals surface area contributed by atoms with E-state index in [0.29, 0.717) is 55.2 Å². The van der Waals surface area contributed by atoms with Gasteiger partial charge < -0.3 is 50.3 Å². The van der Waals surface area contributed by atoms with E-state index in [1.54, 1.807) is 38.8 Å². The van der Waals surface area contributed by atoms with Gasteiger partial charge in [-0.3, -0.25) is 43.6 Å². The maximum absolute atomic E-state index is 14.2. The summed E-state index contributed by atoms with van der Waals surface area (Å²) in [4.78, 5) is 97.7. The normalized spacial score (nSPS) is 17.3. The lowest BCUT2D eigenvalue weighted by molar-refractivity contribution is -0.142. The minimum absolute atomic E-state index is 0.0902. The molecule has 0 bridgehead atoms. The summed E-state index contributed by atoms with van der Waals surface area (Å²) < 4.78 is 53.6. The highest BCUT2D eigenvalue weighted by Crippen LogP contribution is 2.35. The molecule has 5 rings (SSSR count). The molecule has 0 unspecified atom stereocenters. The predicted octanol–water partition coefficient (Wildman–Crippen LogP) is 2.40. The second-order valence-corrected chi connectivity index (χ2v) is 18.4. The Morgan fingerprint density at radius 1 is 0.724 bits per heavy atom. The Morgan fingerprint density at radius 3 is 1.86 bits per heavy atom. The number of aromatic nitrogens is 3. The number of amides is 2. The second kappa shape index (κ2) is 29.5. The van der Waals surface area contributed by atoms with Crippen molar-refractivity contribution in [2.75, 3.05) is 123 Å². The Balaban J connectivity index is 1.24. The standard InChI is InChI=1S/C50H70F3N11O12/c1-4-34-29-63(48(72)36-12-15-42(75-5-2)58-46(36)50(51,52)53)26-27-64(34)40-14-13-37(35-10-9-17-55-47(35)76-6-3)56-39(40)28-54-16-8-7-11-38(49(73)74)57-41(65)30-59-18-20-60(31-43(66)67)22-24-62(33-45(70)71)25-23-61(21-19-59)32-44(68)69/h9-10,12-15,17,34,38,54H,4-8,11,16,18-33H2,1-3H3,(H,57,65)(H,66,67)(H,68,69)(H,70,71)(H,73,74)/t34-,38+/m1/s1. The predicted molar refractivity (Wildman–Crippen MR) is 270 cm³/mol. The maximum atomic E-state index is 14.2. The summed E-state index contributed by atoms with van der Waals surface area (Å²) in [5.41, 5.74) is 0.727. The van der Waals surface area contributed by atoms with Crippen molar-refractivity contribution in [3.63, 3.8) is 0 Å². The first-order chi connectivity index (χ1) is 36.3. The molecule has 3 aromatic heterocycles. The Labute approximate surface area is 438 Å². The lowest BCUT2D eigenvalue weighted by Gasteiger charge is -2.43. The summed E-state index contributed by atoms with van der Waals surface area (Å²) in [6, 6.07) is 8.16. The maximum Gasteiger partial charge on any atom is 0.434 e. The van der Waals surface area contributed by atoms with E-state index in [9.17, 15) is 62.4 Å². The van der Waals surface area contributed by atoms with Crippen LogP contribution in [0.15, 0.2) is 42.6 Å². The molecule has 0 aliphatic carbocycles. The molecule has 2 amide bonds. The number of rotatable bonds is 25. The Bertz CT molecular complexity index is 2410. The fourth-order valence-corrected chi connectivity index (χ4v) is 9.10. The highest BCUT2D eigenvalue weighted by Gasteiger charge is 2.40. The number of unbranched alkanes of at least 4 members (excludes halogenated alkanes) is 1. The van der Waals surface area contributed by atoms with E-state index in [1.807, 2.05) is 32.0 Å². The SMILES string of the molecule is CCOc1ccc(C(=O)N2CCN(c3ccc(-c4cccnc4OCC)nc3CNCCCC[C@H](NC(=O)CN3CCN(CC(=O)O)CCN(CC(=O)O)CCN(CC(=O)O)CC3)C(=O)O)[C@H](CC)C2)c(C(F)(F)F)n1. The zero-order valence-electron chi connectivity index (χ0n) is 43.2. The molecule has 0 aromatic carbocycles. The summed E-state index contributed by atoms with van der Waals surface area (Å²) in [6.45, 7) is 7.34. The van der Waals surface area contributed by atoms with Gasteiger partial charge in [0.15, 0.2) is 5.69 Å². The number of nitrogens with zero attached hydrogens (tertiary/aromatic N) is 9. The molecule has 2 atom stereocenters. The number of carboxylic acids is 4. The molecule has 2 aliphatic heterocycles. The molecule has 76 heavy (non-hydrogen) atoms. The van der Waals surface area contributed by atoms with Crippen molar-refractivity contribution in [1.29, 1.82) is 0 Å². The molecule has 23 nitrogen and oxygen atoms in total. The summed E-state index contributed by atoms with van der Waals surface area (Å²) in [5, 5.41) is 44.7. The first-order valence-electron chi connectivity index (χ1n) is 25.4. The van der Waals surface area contributed by atoms with Crippen molar-refractivity contribution in [1.82, 2.24) is 50.1 Å². The Morgan fingerprint density at radius 2 is 1.32 bits per heavy atom. The number of anilines is 1. The van der Waals surface area contributed by atoms with Crippen molar-refractivity contribution in [2.24, 2.45) is 0 Å². The van der Waals surface area contributed by atoms with Gasteiger partial charge in [0.25, 0.3) is 5.91 Å². The fraction of sp³-hybridized carbons (Fsp3) is 0.580. The quantitative estimate of drug-likeness (QED) is 0.0665. The molecule has 2 fully saturated rings. The minimum Gasteiger partial charge on any atom is -0.480 e. The van der Waals surface area contributed by atoms with Crippen LogP contribution >= 0.6 is 0 Å². The van der Waals surface area contributed by atoms with Crippen LogP contribution in [0.1, 0.15) is 68.2 Å². The molecule has 0 saturated carbocycles. The number of piperazine rings is 1. The Kier molecular flexibility index (Phi) is 23.4. The summed E-state index contributed by atoms with van der Waals surface area (Å²) >= 11 is 0. The molecule has 418 valence electrons. The van der Waals surface area contributed by atoms with Crippen molar-refractivity contribution < 1.29 is 71.8 Å². The van der Waals surface area contributed by atoms with Crippen LogP contribution in [0.4, 0.5) is 18.9 Å².